The molecular formula is C10H12BrN3O2S. The fraction of sp³-hybridized carbons (Fsp3) is 0.400. The van der Waals surface area contributed by atoms with Crippen molar-refractivity contribution in [3.63, 3.8) is 0 Å². The van der Waals surface area contributed by atoms with Crippen LogP contribution in [0.1, 0.15) is 13.8 Å². The standard InChI is InChI=1S/C10H12BrN3O2S/c1-7(2)10(4-12)14-17(15,16)9-3-8(11)5-13-6-9/h3,5-7,10,14H,1-2H3. The monoisotopic (exact) mass is 317 g/mol. The SMILES string of the molecule is CC(C)C(C#N)NS(=O)(=O)c1cncc(Br)c1. The molecule has 0 aromatic carbocycles. The zero-order valence-electron chi connectivity index (χ0n) is 9.38. The van der Waals surface area contributed by atoms with E-state index in [1.54, 1.807) is 13.8 Å². The van der Waals surface area contributed by atoms with E-state index in [2.05, 4.69) is 25.6 Å². The van der Waals surface area contributed by atoms with Crippen LogP contribution in [0.3, 0.4) is 0 Å². The number of hydrogen-bond donors (Lipinski definition) is 1. The average Bonchev–Trinajstić information content (AvgIpc) is 2.25. The number of halogens is 1. The molecule has 1 heterocycles. The minimum absolute atomic E-state index is 0.0350. The minimum Gasteiger partial charge on any atom is -0.262 e. The van der Waals surface area contributed by atoms with E-state index in [9.17, 15) is 8.42 Å². The molecule has 1 rings (SSSR count). The Labute approximate surface area is 109 Å². The van der Waals surface area contributed by atoms with E-state index in [-0.39, 0.29) is 10.8 Å². The molecule has 92 valence electrons. The lowest BCUT2D eigenvalue weighted by Crippen LogP contribution is -2.37. The summed E-state index contributed by atoms with van der Waals surface area (Å²) in [5, 5.41) is 8.86. The van der Waals surface area contributed by atoms with E-state index in [1.807, 2.05) is 6.07 Å². The van der Waals surface area contributed by atoms with Gasteiger partial charge in [-0.3, -0.25) is 4.98 Å². The van der Waals surface area contributed by atoms with E-state index in [0.29, 0.717) is 4.47 Å². The molecule has 0 radical (unpaired) electrons. The lowest BCUT2D eigenvalue weighted by Gasteiger charge is -2.14. The zero-order chi connectivity index (χ0) is 13.1. The molecule has 0 fully saturated rings. The van der Waals surface area contributed by atoms with Crippen molar-refractivity contribution < 1.29 is 8.42 Å². The lowest BCUT2D eigenvalue weighted by atomic mass is 10.1. The van der Waals surface area contributed by atoms with Gasteiger partial charge in [-0.05, 0) is 27.9 Å². The third-order valence-electron chi connectivity index (χ3n) is 2.08. The molecule has 5 nitrogen and oxygen atoms in total. The molecule has 0 aliphatic carbocycles. The van der Waals surface area contributed by atoms with Gasteiger partial charge < -0.3 is 0 Å². The molecule has 0 amide bonds. The Hall–Kier alpha value is -0.970. The molecule has 0 bridgehead atoms. The van der Waals surface area contributed by atoms with Gasteiger partial charge in [0, 0.05) is 16.9 Å². The maximum atomic E-state index is 11.9. The molecular weight excluding hydrogens is 306 g/mol. The first-order valence-electron chi connectivity index (χ1n) is 4.89. The number of rotatable bonds is 4. The van der Waals surface area contributed by atoms with Crippen LogP contribution in [0.4, 0.5) is 0 Å². The second-order valence-corrected chi connectivity index (χ2v) is 6.44. The van der Waals surface area contributed by atoms with Crippen LogP contribution in [0.5, 0.6) is 0 Å². The summed E-state index contributed by atoms with van der Waals surface area (Å²) in [6, 6.07) is 2.60. The fourth-order valence-corrected chi connectivity index (χ4v) is 2.88. The number of nitriles is 1. The van der Waals surface area contributed by atoms with Gasteiger partial charge in [0.1, 0.15) is 10.9 Å². The molecule has 0 aliphatic heterocycles. The summed E-state index contributed by atoms with van der Waals surface area (Å²) in [7, 11) is -3.70. The highest BCUT2D eigenvalue weighted by Gasteiger charge is 2.22. The van der Waals surface area contributed by atoms with Gasteiger partial charge in [0.25, 0.3) is 0 Å². The molecule has 1 N–H and O–H groups in total. The molecule has 1 atom stereocenters. The van der Waals surface area contributed by atoms with E-state index in [1.165, 1.54) is 18.5 Å². The molecule has 7 heteroatoms. The Morgan fingerprint density at radius 1 is 1.47 bits per heavy atom. The normalized spacial score (nSPS) is 13.4. The zero-order valence-corrected chi connectivity index (χ0v) is 11.8. The molecule has 0 saturated heterocycles. The number of nitrogens with one attached hydrogen (secondary N) is 1. The second kappa shape index (κ2) is 5.58. The van der Waals surface area contributed by atoms with Crippen molar-refractivity contribution in [3.8, 4) is 6.07 Å². The highest BCUT2D eigenvalue weighted by molar-refractivity contribution is 9.10. The largest absolute Gasteiger partial charge is 0.262 e. The lowest BCUT2D eigenvalue weighted by molar-refractivity contribution is 0.515. The van der Waals surface area contributed by atoms with Crippen molar-refractivity contribution in [1.29, 1.82) is 5.26 Å². The van der Waals surface area contributed by atoms with Crippen LogP contribution in [-0.4, -0.2) is 19.4 Å². The van der Waals surface area contributed by atoms with Crippen LogP contribution < -0.4 is 4.72 Å². The summed E-state index contributed by atoms with van der Waals surface area (Å²) in [6.07, 6.45) is 2.73. The summed E-state index contributed by atoms with van der Waals surface area (Å²) >= 11 is 3.15. The summed E-state index contributed by atoms with van der Waals surface area (Å²) in [4.78, 5) is 3.81. The third kappa shape index (κ3) is 3.77. The highest BCUT2D eigenvalue weighted by Crippen LogP contribution is 2.15. The van der Waals surface area contributed by atoms with Crippen LogP contribution in [0, 0.1) is 17.2 Å². The van der Waals surface area contributed by atoms with Gasteiger partial charge in [0.15, 0.2) is 0 Å². The summed E-state index contributed by atoms with van der Waals surface area (Å²) < 4.78 is 26.8. The maximum absolute atomic E-state index is 11.9. The minimum atomic E-state index is -3.70. The average molecular weight is 318 g/mol. The summed E-state index contributed by atoms with van der Waals surface area (Å²) in [5.74, 6) is -0.102. The number of sulfonamides is 1. The predicted octanol–water partition coefficient (Wildman–Crippen LogP) is 1.67. The first kappa shape index (κ1) is 14.1. The van der Waals surface area contributed by atoms with Gasteiger partial charge in [-0.1, -0.05) is 13.8 Å². The van der Waals surface area contributed by atoms with Crippen LogP contribution in [0.25, 0.3) is 0 Å². The number of aromatic nitrogens is 1. The molecule has 1 unspecified atom stereocenters. The van der Waals surface area contributed by atoms with E-state index in [4.69, 9.17) is 5.26 Å². The molecule has 1 aromatic heterocycles. The second-order valence-electron chi connectivity index (χ2n) is 3.81. The number of nitrogens with zero attached hydrogens (tertiary/aromatic N) is 2. The van der Waals surface area contributed by atoms with E-state index in [0.717, 1.165) is 0 Å². The topological polar surface area (TPSA) is 82.9 Å². The Kier molecular flexibility index (Phi) is 4.62. The third-order valence-corrected chi connectivity index (χ3v) is 3.92. The van der Waals surface area contributed by atoms with Crippen molar-refractivity contribution in [3.05, 3.63) is 22.9 Å². The van der Waals surface area contributed by atoms with Gasteiger partial charge in [-0.15, -0.1) is 0 Å². The first-order chi connectivity index (χ1) is 7.86. The molecule has 17 heavy (non-hydrogen) atoms. The Bertz CT molecular complexity index is 537. The Morgan fingerprint density at radius 3 is 2.59 bits per heavy atom. The van der Waals surface area contributed by atoms with Gasteiger partial charge in [-0.25, -0.2) is 8.42 Å². The van der Waals surface area contributed by atoms with Crippen molar-refractivity contribution in [1.82, 2.24) is 9.71 Å². The molecule has 0 spiro atoms. The van der Waals surface area contributed by atoms with Gasteiger partial charge in [0.05, 0.1) is 6.07 Å². The van der Waals surface area contributed by atoms with Gasteiger partial charge >= 0.3 is 0 Å². The van der Waals surface area contributed by atoms with Crippen molar-refractivity contribution in [2.24, 2.45) is 5.92 Å². The highest BCUT2D eigenvalue weighted by atomic mass is 79.9. The molecule has 0 aliphatic rings. The number of hydrogen-bond acceptors (Lipinski definition) is 4. The Balaban J connectivity index is 3.01. The van der Waals surface area contributed by atoms with Crippen LogP contribution in [0.15, 0.2) is 27.8 Å². The Morgan fingerprint density at radius 2 is 2.12 bits per heavy atom. The quantitative estimate of drug-likeness (QED) is 0.915. The summed E-state index contributed by atoms with van der Waals surface area (Å²) in [6.45, 7) is 3.55. The fourth-order valence-electron chi connectivity index (χ4n) is 1.09. The van der Waals surface area contributed by atoms with E-state index >= 15 is 0 Å². The summed E-state index contributed by atoms with van der Waals surface area (Å²) in [5.41, 5.74) is 0. The van der Waals surface area contributed by atoms with Crippen molar-refractivity contribution in [2.45, 2.75) is 24.8 Å². The number of pyridine rings is 1. The molecule has 0 saturated carbocycles. The van der Waals surface area contributed by atoms with Crippen LogP contribution >= 0.6 is 15.9 Å². The maximum Gasteiger partial charge on any atom is 0.243 e. The smallest absolute Gasteiger partial charge is 0.243 e. The van der Waals surface area contributed by atoms with Crippen molar-refractivity contribution >= 4 is 26.0 Å². The van der Waals surface area contributed by atoms with E-state index < -0.39 is 16.1 Å². The van der Waals surface area contributed by atoms with Crippen LogP contribution in [-0.2, 0) is 10.0 Å². The predicted molar refractivity (Wildman–Crippen MR) is 66.5 cm³/mol. The molecule has 1 aromatic rings. The first-order valence-corrected chi connectivity index (χ1v) is 7.17. The van der Waals surface area contributed by atoms with Crippen molar-refractivity contribution in [2.75, 3.05) is 0 Å². The van der Waals surface area contributed by atoms with Gasteiger partial charge in [0.2, 0.25) is 10.0 Å². The van der Waals surface area contributed by atoms with Gasteiger partial charge in [-0.2, -0.15) is 9.98 Å². The van der Waals surface area contributed by atoms with Crippen LogP contribution in [0.2, 0.25) is 0 Å².